The number of hydrogen-bond donors (Lipinski definition) is 1. The molecule has 1 nitrogen and oxygen atoms in total. The van der Waals surface area contributed by atoms with Crippen LogP contribution >= 0.6 is 21.6 Å². The van der Waals surface area contributed by atoms with Gasteiger partial charge in [0.25, 0.3) is 0 Å². The Morgan fingerprint density at radius 2 is 2.12 bits per heavy atom. The maximum Gasteiger partial charge on any atom is 0.0402 e. The Balaban J connectivity index is 4.27. The first kappa shape index (κ1) is 2.72. The standard InChI is InChI=1S/C5H13NS2/c1-2-4-7-8-5-3-6/h2-6H2,1H3/i2D2,4D2,5D2. The molecule has 0 aromatic carbocycles. The molecule has 2 N–H and O–H groups in total. The molecule has 0 atom stereocenters. The summed E-state index contributed by atoms with van der Waals surface area (Å²) in [4.78, 5) is 0. The van der Waals surface area contributed by atoms with Gasteiger partial charge < -0.3 is 5.73 Å². The van der Waals surface area contributed by atoms with Gasteiger partial charge in [-0.3, -0.25) is 0 Å². The van der Waals surface area contributed by atoms with Crippen molar-refractivity contribution in [3.63, 3.8) is 0 Å². The van der Waals surface area contributed by atoms with Gasteiger partial charge in [0.05, 0.1) is 0 Å². The van der Waals surface area contributed by atoms with Crippen molar-refractivity contribution in [3.8, 4) is 0 Å². The van der Waals surface area contributed by atoms with Gasteiger partial charge in [0.1, 0.15) is 0 Å². The summed E-state index contributed by atoms with van der Waals surface area (Å²) in [5.74, 6) is 0. The maximum atomic E-state index is 7.36. The molecule has 50 valence electrons. The molecule has 0 aromatic rings. The summed E-state index contributed by atoms with van der Waals surface area (Å²) in [6.45, 7) is 0.895. The number of rotatable bonds is 5. The highest BCUT2D eigenvalue weighted by molar-refractivity contribution is 8.76. The third-order valence-corrected chi connectivity index (χ3v) is 1.84. The van der Waals surface area contributed by atoms with Gasteiger partial charge in [0, 0.05) is 26.2 Å². The van der Waals surface area contributed by atoms with E-state index in [9.17, 15) is 0 Å². The van der Waals surface area contributed by atoms with E-state index in [0.29, 0.717) is 21.6 Å². The van der Waals surface area contributed by atoms with Crippen molar-refractivity contribution in [1.82, 2.24) is 0 Å². The summed E-state index contributed by atoms with van der Waals surface area (Å²) in [5.41, 5.74) is 1.25. The fraction of sp³-hybridized carbons (Fsp3) is 1.00. The topological polar surface area (TPSA) is 26.0 Å². The Hall–Kier alpha value is 0.660. The zero-order valence-electron chi connectivity index (χ0n) is 10.6. The van der Waals surface area contributed by atoms with Crippen LogP contribution in [0.4, 0.5) is 0 Å². The molecule has 0 amide bonds. The van der Waals surface area contributed by atoms with Gasteiger partial charge in [0.2, 0.25) is 0 Å². The summed E-state index contributed by atoms with van der Waals surface area (Å²) in [7, 11) is 1.16. The van der Waals surface area contributed by atoms with Crippen molar-refractivity contribution in [2.45, 2.75) is 13.3 Å². The number of nitrogens with two attached hydrogens (primary N) is 1. The lowest BCUT2D eigenvalue weighted by atomic mass is 10.6. The Morgan fingerprint density at radius 3 is 2.62 bits per heavy atom. The molecule has 0 heterocycles. The summed E-state index contributed by atoms with van der Waals surface area (Å²) < 4.78 is 43.6. The molecule has 0 saturated carbocycles. The van der Waals surface area contributed by atoms with Crippen molar-refractivity contribution in [1.29, 1.82) is 0 Å². The molecule has 0 aliphatic heterocycles. The molecule has 0 fully saturated rings. The molecule has 0 bridgehead atoms. The molecule has 0 aliphatic carbocycles. The average Bonchev–Trinajstić information content (AvgIpc) is 1.99. The van der Waals surface area contributed by atoms with Gasteiger partial charge in [-0.1, -0.05) is 28.5 Å². The molecule has 0 spiro atoms. The lowest BCUT2D eigenvalue weighted by Crippen LogP contribution is -1.99. The first-order valence-corrected chi connectivity index (χ1v) is 4.24. The zero-order chi connectivity index (χ0) is 11.6. The molecule has 8 heavy (non-hydrogen) atoms. The fourth-order valence-electron chi connectivity index (χ4n) is 0.126. The summed E-state index contributed by atoms with van der Waals surface area (Å²) in [5, 5.41) is 0. The van der Waals surface area contributed by atoms with E-state index in [2.05, 4.69) is 0 Å². The second-order valence-electron chi connectivity index (χ2n) is 0.867. The molecule has 0 unspecified atom stereocenters. The van der Waals surface area contributed by atoms with Crippen LogP contribution in [0.1, 0.15) is 21.5 Å². The van der Waals surface area contributed by atoms with E-state index in [1.165, 1.54) is 0 Å². The second-order valence-corrected chi connectivity index (χ2v) is 2.69. The van der Waals surface area contributed by atoms with Crippen LogP contribution in [0.25, 0.3) is 0 Å². The minimum Gasteiger partial charge on any atom is -0.330 e. The minimum atomic E-state index is -2.14. The highest BCUT2D eigenvalue weighted by Crippen LogP contribution is 2.20. The van der Waals surface area contributed by atoms with Gasteiger partial charge in [-0.25, -0.2) is 0 Å². The Bertz CT molecular complexity index is 191. The van der Waals surface area contributed by atoms with E-state index in [0.717, 1.165) is 6.92 Å². The molecule has 0 aromatic heterocycles. The van der Waals surface area contributed by atoms with E-state index in [-0.39, 0.29) is 6.54 Å². The van der Waals surface area contributed by atoms with E-state index in [1.54, 1.807) is 0 Å². The maximum absolute atomic E-state index is 7.36. The van der Waals surface area contributed by atoms with Crippen molar-refractivity contribution in [2.24, 2.45) is 5.73 Å². The third kappa shape index (κ3) is 6.66. The molecule has 0 saturated heterocycles. The fourth-order valence-corrected chi connectivity index (χ4v) is 1.13. The van der Waals surface area contributed by atoms with E-state index in [1.807, 2.05) is 0 Å². The normalized spacial score (nSPS) is 26.2. The van der Waals surface area contributed by atoms with Crippen molar-refractivity contribution in [3.05, 3.63) is 0 Å². The van der Waals surface area contributed by atoms with Crippen LogP contribution in [0, 0.1) is 0 Å². The molecule has 3 heteroatoms. The van der Waals surface area contributed by atoms with Crippen molar-refractivity contribution >= 4 is 21.6 Å². The highest BCUT2D eigenvalue weighted by atomic mass is 33.1. The third-order valence-electron chi connectivity index (χ3n) is 0.328. The quantitative estimate of drug-likeness (QED) is 0.616. The van der Waals surface area contributed by atoms with Gasteiger partial charge in [-0.2, -0.15) is 0 Å². The molecular weight excluding hydrogens is 138 g/mol. The van der Waals surface area contributed by atoms with Crippen LogP contribution < -0.4 is 5.73 Å². The van der Waals surface area contributed by atoms with Crippen LogP contribution in [0.5, 0.6) is 0 Å². The van der Waals surface area contributed by atoms with Gasteiger partial charge in [-0.05, 0) is 6.37 Å². The lowest BCUT2D eigenvalue weighted by Gasteiger charge is -1.93. The van der Waals surface area contributed by atoms with Gasteiger partial charge in [-0.15, -0.1) is 0 Å². The summed E-state index contributed by atoms with van der Waals surface area (Å²) in [6.07, 6.45) is -2.02. The van der Waals surface area contributed by atoms with Crippen LogP contribution in [-0.2, 0) is 0 Å². The van der Waals surface area contributed by atoms with Crippen molar-refractivity contribution < 1.29 is 8.22 Å². The zero-order valence-corrected chi connectivity index (χ0v) is 6.23. The first-order chi connectivity index (χ1) is 6.02. The average molecular weight is 157 g/mol. The van der Waals surface area contributed by atoms with Crippen LogP contribution in [0.2, 0.25) is 0 Å². The smallest absolute Gasteiger partial charge is 0.0402 e. The Morgan fingerprint density at radius 1 is 1.50 bits per heavy atom. The molecular formula is C5H13NS2. The monoisotopic (exact) mass is 157 g/mol. The second kappa shape index (κ2) is 7.66. The minimum absolute atomic E-state index is 0.229. The van der Waals surface area contributed by atoms with Crippen LogP contribution in [0.15, 0.2) is 0 Å². The van der Waals surface area contributed by atoms with Crippen molar-refractivity contribution in [2.75, 3.05) is 18.0 Å². The largest absolute Gasteiger partial charge is 0.330 e. The van der Waals surface area contributed by atoms with E-state index in [4.69, 9.17) is 14.0 Å². The Kier molecular flexibility index (Phi) is 2.61. The summed E-state index contributed by atoms with van der Waals surface area (Å²) in [6, 6.07) is 0. The number of hydrogen-bond acceptors (Lipinski definition) is 3. The van der Waals surface area contributed by atoms with E-state index < -0.39 is 17.8 Å². The lowest BCUT2D eigenvalue weighted by molar-refractivity contribution is 1.11. The molecule has 0 aliphatic rings. The van der Waals surface area contributed by atoms with Gasteiger partial charge in [0.15, 0.2) is 0 Å². The Labute approximate surface area is 67.6 Å². The first-order valence-electron chi connectivity index (χ1n) is 5.09. The molecule has 0 radical (unpaired) electrons. The van der Waals surface area contributed by atoms with Crippen LogP contribution in [0.3, 0.4) is 0 Å². The molecule has 0 rings (SSSR count). The van der Waals surface area contributed by atoms with Crippen LogP contribution in [-0.4, -0.2) is 18.0 Å². The highest BCUT2D eigenvalue weighted by Gasteiger charge is 1.83. The predicted molar refractivity (Wildman–Crippen MR) is 44.3 cm³/mol. The summed E-state index contributed by atoms with van der Waals surface area (Å²) >= 11 is 0. The SMILES string of the molecule is [2H]C([2H])(CN)SSC([2H])([2H])C([2H])([2H])C. The predicted octanol–water partition coefficient (Wildman–Crippen LogP) is 1.74. The van der Waals surface area contributed by atoms with Gasteiger partial charge >= 0.3 is 0 Å². The van der Waals surface area contributed by atoms with E-state index >= 15 is 0 Å².